The minimum absolute atomic E-state index is 0.0960. The summed E-state index contributed by atoms with van der Waals surface area (Å²) in [4.78, 5) is 23.8. The highest BCUT2D eigenvalue weighted by atomic mass is 16.7. The number of benzene rings is 1. The largest absolute Gasteiger partial charge is 0.462 e. The van der Waals surface area contributed by atoms with Crippen LogP contribution in [0.4, 0.5) is 0 Å². The van der Waals surface area contributed by atoms with Gasteiger partial charge < -0.3 is 59.0 Å². The van der Waals surface area contributed by atoms with Crippen molar-refractivity contribution in [3.05, 3.63) is 40.2 Å². The van der Waals surface area contributed by atoms with Crippen molar-refractivity contribution in [2.75, 3.05) is 19.8 Å². The number of terminal acetylenes is 1. The van der Waals surface area contributed by atoms with E-state index in [2.05, 4.69) is 11.2 Å². The molecule has 6 N–H and O–H groups in total. The van der Waals surface area contributed by atoms with Gasteiger partial charge in [0.15, 0.2) is 6.29 Å². The van der Waals surface area contributed by atoms with Gasteiger partial charge in [0.25, 0.3) is 0 Å². The van der Waals surface area contributed by atoms with Gasteiger partial charge in [-0.15, -0.1) is 6.42 Å². The molecule has 1 aromatic carbocycles. The lowest BCUT2D eigenvalue weighted by Crippen LogP contribution is -2.68. The molecular formula is C27H33NO13. The molecule has 2 aliphatic rings. The van der Waals surface area contributed by atoms with Crippen molar-refractivity contribution in [3.63, 3.8) is 0 Å². The van der Waals surface area contributed by atoms with Crippen LogP contribution in [-0.4, -0.2) is 113 Å². The monoisotopic (exact) mass is 579 g/mol. The Morgan fingerprint density at radius 1 is 1.05 bits per heavy atom. The van der Waals surface area contributed by atoms with Crippen LogP contribution in [0.2, 0.25) is 0 Å². The molecule has 2 aromatic rings. The Balaban J connectivity index is 1.56. The molecule has 1 aromatic heterocycles. The quantitative estimate of drug-likeness (QED) is 0.107. The van der Waals surface area contributed by atoms with Crippen LogP contribution in [0.3, 0.4) is 0 Å². The SMILES string of the molecule is C#CCOC[C@H]1O[C@@H](O[C@H]2[C@H](O)[C@@H](NC(C)=O)[C@H](Oc3ccc4c(C)cc(=O)oc4c3)O[C@@H]2CO)[C@H](O)[C@@H](O)[C@H]1O. The normalized spacial score (nSPS) is 33.7. The standard InChI is InChI=1S/C27H33NO13/c1-4-7-36-11-18-21(32)23(34)24(35)27(40-18)41-25-17(10-29)39-26(20(22(25)33)28-13(3)30)37-14-5-6-15-12(2)8-19(31)38-16(15)9-14/h1,5-6,8-9,17-18,20-27,29,32-35H,7,10-11H2,2-3H3,(H,28,30)/t17-,18-,20-,21+,22-,23+,24-,25-,26-,27+/m1/s1. The lowest BCUT2D eigenvalue weighted by atomic mass is 9.95. The van der Waals surface area contributed by atoms with Crippen molar-refractivity contribution in [1.29, 1.82) is 0 Å². The number of carbonyl (C=O) groups is 1. The maximum absolute atomic E-state index is 12.0. The molecule has 41 heavy (non-hydrogen) atoms. The molecule has 0 spiro atoms. The fourth-order valence-electron chi connectivity index (χ4n) is 4.79. The van der Waals surface area contributed by atoms with E-state index >= 15 is 0 Å². The van der Waals surface area contributed by atoms with Gasteiger partial charge in [-0.25, -0.2) is 4.79 Å². The van der Waals surface area contributed by atoms with E-state index in [1.165, 1.54) is 19.1 Å². The molecule has 0 radical (unpaired) electrons. The van der Waals surface area contributed by atoms with Crippen molar-refractivity contribution < 1.29 is 58.4 Å². The fourth-order valence-corrected chi connectivity index (χ4v) is 4.79. The van der Waals surface area contributed by atoms with Crippen LogP contribution in [0.5, 0.6) is 5.75 Å². The zero-order chi connectivity index (χ0) is 29.8. The second-order valence-electron chi connectivity index (χ2n) is 9.80. The summed E-state index contributed by atoms with van der Waals surface area (Å²) < 4.78 is 33.6. The van der Waals surface area contributed by atoms with E-state index in [1.54, 1.807) is 19.1 Å². The first kappa shape index (κ1) is 30.8. The number of aliphatic hydroxyl groups is 5. The van der Waals surface area contributed by atoms with Gasteiger partial charge in [-0.2, -0.15) is 0 Å². The molecule has 14 nitrogen and oxygen atoms in total. The number of ether oxygens (including phenoxy) is 5. The molecule has 1 amide bonds. The molecule has 4 rings (SSSR count). The second kappa shape index (κ2) is 13.3. The molecule has 2 saturated heterocycles. The second-order valence-corrected chi connectivity index (χ2v) is 9.80. The first-order valence-corrected chi connectivity index (χ1v) is 12.8. The number of aryl methyl sites for hydroxylation is 1. The van der Waals surface area contributed by atoms with E-state index in [9.17, 15) is 35.1 Å². The predicted molar refractivity (Wildman–Crippen MR) is 138 cm³/mol. The van der Waals surface area contributed by atoms with Crippen LogP contribution < -0.4 is 15.7 Å². The maximum Gasteiger partial charge on any atom is 0.336 e. The Kier molecular flexibility index (Phi) is 9.97. The van der Waals surface area contributed by atoms with Gasteiger partial charge in [-0.3, -0.25) is 4.79 Å². The number of fused-ring (bicyclic) bond motifs is 1. The maximum atomic E-state index is 12.0. The number of hydrogen-bond acceptors (Lipinski definition) is 13. The topological polar surface area (TPSA) is 207 Å². The summed E-state index contributed by atoms with van der Waals surface area (Å²) in [5.41, 5.74) is 0.380. The van der Waals surface area contributed by atoms with Crippen molar-refractivity contribution >= 4 is 16.9 Å². The molecule has 14 heteroatoms. The lowest BCUT2D eigenvalue weighted by Gasteiger charge is -2.47. The third-order valence-corrected chi connectivity index (χ3v) is 6.83. The van der Waals surface area contributed by atoms with E-state index in [0.717, 1.165) is 0 Å². The minimum atomic E-state index is -1.76. The Labute approximate surface area is 234 Å². The number of carbonyl (C=O) groups excluding carboxylic acids is 1. The van der Waals surface area contributed by atoms with Crippen molar-refractivity contribution in [2.45, 2.75) is 75.2 Å². The van der Waals surface area contributed by atoms with Crippen LogP contribution >= 0.6 is 0 Å². The number of nitrogens with one attached hydrogen (secondary N) is 1. The van der Waals surface area contributed by atoms with E-state index in [4.69, 9.17) is 34.5 Å². The summed E-state index contributed by atoms with van der Waals surface area (Å²) in [6.45, 7) is 1.93. The third kappa shape index (κ3) is 6.87. The third-order valence-electron chi connectivity index (χ3n) is 6.83. The van der Waals surface area contributed by atoms with Crippen LogP contribution in [-0.2, 0) is 23.7 Å². The number of amides is 1. The summed E-state index contributed by atoms with van der Waals surface area (Å²) in [5, 5.41) is 55.7. The first-order chi connectivity index (χ1) is 19.5. The Morgan fingerprint density at radius 2 is 1.78 bits per heavy atom. The minimum Gasteiger partial charge on any atom is -0.462 e. The zero-order valence-electron chi connectivity index (χ0n) is 22.3. The van der Waals surface area contributed by atoms with Crippen molar-refractivity contribution in [2.24, 2.45) is 0 Å². The van der Waals surface area contributed by atoms with Crippen molar-refractivity contribution in [3.8, 4) is 18.1 Å². The molecule has 0 bridgehead atoms. The highest BCUT2D eigenvalue weighted by Gasteiger charge is 2.51. The first-order valence-electron chi connectivity index (χ1n) is 12.8. The molecule has 2 aliphatic heterocycles. The average molecular weight is 580 g/mol. The number of aliphatic hydroxyl groups excluding tert-OH is 5. The Bertz CT molecular complexity index is 1310. The highest BCUT2D eigenvalue weighted by Crippen LogP contribution is 2.31. The molecule has 10 atom stereocenters. The predicted octanol–water partition coefficient (Wildman–Crippen LogP) is -2.09. The number of hydrogen-bond donors (Lipinski definition) is 6. The van der Waals surface area contributed by atoms with Crippen molar-refractivity contribution in [1.82, 2.24) is 5.32 Å². The van der Waals surface area contributed by atoms with E-state index < -0.39 is 79.5 Å². The lowest BCUT2D eigenvalue weighted by molar-refractivity contribution is -0.344. The summed E-state index contributed by atoms with van der Waals surface area (Å²) in [7, 11) is 0. The van der Waals surface area contributed by atoms with Gasteiger partial charge >= 0.3 is 5.63 Å². The van der Waals surface area contributed by atoms with Gasteiger partial charge in [-0.1, -0.05) is 5.92 Å². The van der Waals surface area contributed by atoms with E-state index in [0.29, 0.717) is 10.9 Å². The summed E-state index contributed by atoms with van der Waals surface area (Å²) in [6, 6.07) is 4.78. The van der Waals surface area contributed by atoms with Gasteiger partial charge in [0, 0.05) is 24.4 Å². The molecule has 224 valence electrons. The number of rotatable bonds is 9. The fraction of sp³-hybridized carbons (Fsp3) is 0.556. The Morgan fingerprint density at radius 3 is 2.46 bits per heavy atom. The van der Waals surface area contributed by atoms with Crippen LogP contribution in [0, 0.1) is 19.3 Å². The van der Waals surface area contributed by atoms with Gasteiger partial charge in [-0.05, 0) is 24.6 Å². The molecular weight excluding hydrogens is 546 g/mol. The van der Waals surface area contributed by atoms with Crippen LogP contribution in [0.15, 0.2) is 33.5 Å². The smallest absolute Gasteiger partial charge is 0.336 e. The molecule has 0 saturated carbocycles. The highest BCUT2D eigenvalue weighted by molar-refractivity contribution is 5.81. The van der Waals surface area contributed by atoms with Gasteiger partial charge in [0.2, 0.25) is 12.2 Å². The van der Waals surface area contributed by atoms with Gasteiger partial charge in [0.1, 0.15) is 66.7 Å². The zero-order valence-corrected chi connectivity index (χ0v) is 22.3. The summed E-state index contributed by atoms with van der Waals surface area (Å²) >= 11 is 0. The molecule has 0 unspecified atom stereocenters. The van der Waals surface area contributed by atoms with Gasteiger partial charge in [0.05, 0.1) is 13.2 Å². The van der Waals surface area contributed by atoms with E-state index in [1.807, 2.05) is 0 Å². The Hall–Kier alpha value is -3.10. The van der Waals surface area contributed by atoms with Crippen LogP contribution in [0.25, 0.3) is 11.0 Å². The average Bonchev–Trinajstić information content (AvgIpc) is 2.92. The molecule has 2 fully saturated rings. The summed E-state index contributed by atoms with van der Waals surface area (Å²) in [5.74, 6) is 1.87. The molecule has 3 heterocycles. The van der Waals surface area contributed by atoms with E-state index in [-0.39, 0.29) is 24.5 Å². The summed E-state index contributed by atoms with van der Waals surface area (Å²) in [6.07, 6.45) is -8.23. The van der Waals surface area contributed by atoms with Crippen LogP contribution in [0.1, 0.15) is 12.5 Å². The molecule has 0 aliphatic carbocycles.